The van der Waals surface area contributed by atoms with Crippen molar-refractivity contribution in [3.63, 3.8) is 0 Å². The lowest BCUT2D eigenvalue weighted by Gasteiger charge is -2.28. The van der Waals surface area contributed by atoms with Crippen molar-refractivity contribution in [2.24, 2.45) is 5.41 Å². The van der Waals surface area contributed by atoms with Gasteiger partial charge in [-0.3, -0.25) is 0 Å². The lowest BCUT2D eigenvalue weighted by Crippen LogP contribution is -2.20. The quantitative estimate of drug-likeness (QED) is 0.789. The normalized spacial score (nSPS) is 13.4. The molecule has 0 heterocycles. The Kier molecular flexibility index (Phi) is 4.72. The van der Waals surface area contributed by atoms with Gasteiger partial charge in [0.1, 0.15) is 11.5 Å². The van der Waals surface area contributed by atoms with Crippen molar-refractivity contribution in [3.8, 4) is 11.5 Å². The van der Waals surface area contributed by atoms with Gasteiger partial charge in [-0.1, -0.05) is 62.3 Å². The maximum absolute atomic E-state index is 10.7. The van der Waals surface area contributed by atoms with Crippen LogP contribution in [0.1, 0.15) is 73.4 Å². The van der Waals surface area contributed by atoms with Crippen molar-refractivity contribution in [2.45, 2.75) is 73.1 Å². The van der Waals surface area contributed by atoms with Gasteiger partial charge < -0.3 is 9.84 Å². The molecule has 0 bridgehead atoms. The van der Waals surface area contributed by atoms with Crippen molar-refractivity contribution in [1.82, 2.24) is 0 Å². The summed E-state index contributed by atoms with van der Waals surface area (Å²) in [5.41, 5.74) is 1.76. The molecule has 0 aliphatic heterocycles. The number of hydrogen-bond donors (Lipinski definition) is 1. The van der Waals surface area contributed by atoms with E-state index in [4.69, 9.17) is 4.74 Å². The first-order chi connectivity index (χ1) is 9.22. The van der Waals surface area contributed by atoms with Crippen LogP contribution in [0.25, 0.3) is 0 Å². The van der Waals surface area contributed by atoms with E-state index in [0.717, 1.165) is 16.9 Å². The zero-order chi connectivity index (χ0) is 16.6. The third-order valence-corrected chi connectivity index (χ3v) is 3.37. The van der Waals surface area contributed by atoms with Crippen LogP contribution in [0.5, 0.6) is 11.5 Å². The summed E-state index contributed by atoms with van der Waals surface area (Å²) in [5, 5.41) is 10.7. The number of rotatable bonds is 2. The molecule has 120 valence electrons. The van der Waals surface area contributed by atoms with Gasteiger partial charge in [0.2, 0.25) is 0 Å². The Labute approximate surface area is 130 Å². The molecule has 1 aromatic carbocycles. The Morgan fingerprint density at radius 1 is 0.810 bits per heavy atom. The number of phenolic OH excluding ortho intramolecular Hbond substituents is 1. The minimum absolute atomic E-state index is 0.113. The van der Waals surface area contributed by atoms with E-state index in [-0.39, 0.29) is 16.2 Å². The van der Waals surface area contributed by atoms with E-state index in [1.165, 1.54) is 0 Å². The van der Waals surface area contributed by atoms with Gasteiger partial charge in [-0.25, -0.2) is 0 Å². The van der Waals surface area contributed by atoms with E-state index >= 15 is 0 Å². The number of ether oxygens (including phenoxy) is 1. The summed E-state index contributed by atoms with van der Waals surface area (Å²) in [7, 11) is 0. The van der Waals surface area contributed by atoms with Crippen LogP contribution in [0, 0.1) is 5.41 Å². The van der Waals surface area contributed by atoms with Gasteiger partial charge in [0.15, 0.2) is 0 Å². The maximum atomic E-state index is 10.7. The Morgan fingerprint density at radius 3 is 1.48 bits per heavy atom. The third-order valence-electron chi connectivity index (χ3n) is 3.37. The third kappa shape index (κ3) is 4.94. The second kappa shape index (κ2) is 5.55. The second-order valence-electron chi connectivity index (χ2n) is 9.22. The highest BCUT2D eigenvalue weighted by Gasteiger charge is 2.27. The standard InChI is InChI=1S/C19H32O2/c1-17(2,3)12-21-13-10-14(18(4,5)6)16(20)15(11-13)19(7,8)9/h10-11,20H,12H2,1-9H3. The van der Waals surface area contributed by atoms with Crippen molar-refractivity contribution < 1.29 is 9.84 Å². The largest absolute Gasteiger partial charge is 0.507 e. The van der Waals surface area contributed by atoms with Gasteiger partial charge in [-0.05, 0) is 28.4 Å². The van der Waals surface area contributed by atoms with Gasteiger partial charge in [-0.15, -0.1) is 0 Å². The van der Waals surface area contributed by atoms with Gasteiger partial charge in [0.25, 0.3) is 0 Å². The molecule has 21 heavy (non-hydrogen) atoms. The zero-order valence-corrected chi connectivity index (χ0v) is 15.2. The van der Waals surface area contributed by atoms with Gasteiger partial charge >= 0.3 is 0 Å². The lowest BCUT2D eigenvalue weighted by molar-refractivity contribution is 0.197. The first kappa shape index (κ1) is 17.9. The molecular formula is C19H32O2. The lowest BCUT2D eigenvalue weighted by atomic mass is 9.79. The molecule has 2 heteroatoms. The molecule has 1 aromatic rings. The number of benzene rings is 1. The number of phenols is 1. The molecule has 0 radical (unpaired) electrons. The van der Waals surface area contributed by atoms with Crippen LogP contribution in [0.15, 0.2) is 12.1 Å². The highest BCUT2D eigenvalue weighted by molar-refractivity contribution is 5.51. The van der Waals surface area contributed by atoms with Crippen molar-refractivity contribution in [2.75, 3.05) is 6.61 Å². The summed E-state index contributed by atoms with van der Waals surface area (Å²) in [6, 6.07) is 3.96. The van der Waals surface area contributed by atoms with Crippen LogP contribution in [0.4, 0.5) is 0 Å². The molecule has 0 aromatic heterocycles. The summed E-state index contributed by atoms with van der Waals surface area (Å²) < 4.78 is 5.99. The molecule has 0 spiro atoms. The van der Waals surface area contributed by atoms with E-state index in [1.54, 1.807) is 0 Å². The van der Waals surface area contributed by atoms with E-state index in [2.05, 4.69) is 62.3 Å². The average molecular weight is 292 g/mol. The van der Waals surface area contributed by atoms with Crippen LogP contribution >= 0.6 is 0 Å². The van der Waals surface area contributed by atoms with Crippen molar-refractivity contribution in [3.05, 3.63) is 23.3 Å². The minimum Gasteiger partial charge on any atom is -0.507 e. The zero-order valence-electron chi connectivity index (χ0n) is 15.2. The fourth-order valence-corrected chi connectivity index (χ4v) is 2.13. The SMILES string of the molecule is CC(C)(C)COc1cc(C(C)(C)C)c(O)c(C(C)(C)C)c1. The molecule has 0 aliphatic rings. The van der Waals surface area contributed by atoms with Gasteiger partial charge in [-0.2, -0.15) is 0 Å². The Balaban J connectivity index is 3.34. The van der Waals surface area contributed by atoms with E-state index in [0.29, 0.717) is 12.4 Å². The monoisotopic (exact) mass is 292 g/mol. The Morgan fingerprint density at radius 2 is 1.19 bits per heavy atom. The first-order valence-corrected chi connectivity index (χ1v) is 7.72. The highest BCUT2D eigenvalue weighted by Crippen LogP contribution is 2.41. The van der Waals surface area contributed by atoms with E-state index in [9.17, 15) is 5.11 Å². The fraction of sp³-hybridized carbons (Fsp3) is 0.684. The maximum Gasteiger partial charge on any atom is 0.123 e. The molecule has 0 saturated carbocycles. The van der Waals surface area contributed by atoms with Gasteiger partial charge in [0, 0.05) is 11.1 Å². The molecule has 0 saturated heterocycles. The summed E-state index contributed by atoms with van der Waals surface area (Å²) in [6.45, 7) is 19.8. The fourth-order valence-electron chi connectivity index (χ4n) is 2.13. The highest BCUT2D eigenvalue weighted by atomic mass is 16.5. The van der Waals surface area contributed by atoms with Crippen LogP contribution in [0.2, 0.25) is 0 Å². The minimum atomic E-state index is -0.120. The molecule has 0 aliphatic carbocycles. The Hall–Kier alpha value is -1.18. The predicted octanol–water partition coefficient (Wildman–Crippen LogP) is 5.41. The summed E-state index contributed by atoms with van der Waals surface area (Å²) in [6.07, 6.45) is 0. The first-order valence-electron chi connectivity index (χ1n) is 7.72. The van der Waals surface area contributed by atoms with Gasteiger partial charge in [0.05, 0.1) is 6.61 Å². The molecule has 0 amide bonds. The van der Waals surface area contributed by atoms with Crippen molar-refractivity contribution >= 4 is 0 Å². The average Bonchev–Trinajstić information content (AvgIpc) is 2.23. The van der Waals surface area contributed by atoms with E-state index in [1.807, 2.05) is 12.1 Å². The summed E-state index contributed by atoms with van der Waals surface area (Å²) >= 11 is 0. The number of hydrogen-bond acceptors (Lipinski definition) is 2. The summed E-state index contributed by atoms with van der Waals surface area (Å²) in [4.78, 5) is 0. The molecule has 1 rings (SSSR count). The van der Waals surface area contributed by atoms with Crippen LogP contribution < -0.4 is 4.74 Å². The van der Waals surface area contributed by atoms with Crippen LogP contribution in [0.3, 0.4) is 0 Å². The molecular weight excluding hydrogens is 260 g/mol. The van der Waals surface area contributed by atoms with Crippen LogP contribution in [-0.2, 0) is 10.8 Å². The Bertz CT molecular complexity index is 459. The number of aromatic hydroxyl groups is 1. The predicted molar refractivity (Wildman–Crippen MR) is 90.5 cm³/mol. The smallest absolute Gasteiger partial charge is 0.123 e. The molecule has 0 fully saturated rings. The van der Waals surface area contributed by atoms with Crippen LogP contribution in [-0.4, -0.2) is 11.7 Å². The molecule has 1 N–H and O–H groups in total. The molecule has 0 atom stereocenters. The van der Waals surface area contributed by atoms with Crippen molar-refractivity contribution in [1.29, 1.82) is 0 Å². The second-order valence-corrected chi connectivity index (χ2v) is 9.22. The summed E-state index contributed by atoms with van der Waals surface area (Å²) in [5.74, 6) is 1.25. The van der Waals surface area contributed by atoms with E-state index < -0.39 is 0 Å². The molecule has 2 nitrogen and oxygen atoms in total. The topological polar surface area (TPSA) is 29.5 Å². The molecule has 0 unspecified atom stereocenters.